The number of aromatic nitrogens is 2. The highest BCUT2D eigenvalue weighted by atomic mass is 19.1. The molecule has 1 aliphatic heterocycles. The van der Waals surface area contributed by atoms with E-state index in [0.29, 0.717) is 43.4 Å². The molecule has 1 aromatic heterocycles. The van der Waals surface area contributed by atoms with Crippen LogP contribution in [0, 0.1) is 17.7 Å². The van der Waals surface area contributed by atoms with Gasteiger partial charge in [0.2, 0.25) is 11.8 Å². The molecule has 12 nitrogen and oxygen atoms in total. The SMILES string of the molecule is CCn1nccc1C(=O)N[C@H](C(=O)Nc1ccc([C@H](C)[C@@H](NC(=O)N(C)C2CC2)C(=O)N2CCN(C)C(C)(C)C2)cc1F)C1CCC(C)CC1. The lowest BCUT2D eigenvalue weighted by molar-refractivity contribution is -0.138. The van der Waals surface area contributed by atoms with Crippen LogP contribution < -0.4 is 16.0 Å². The van der Waals surface area contributed by atoms with Gasteiger partial charge in [-0.2, -0.15) is 5.10 Å². The molecule has 5 rings (SSSR count). The molecule has 50 heavy (non-hydrogen) atoms. The number of piperazine rings is 1. The summed E-state index contributed by atoms with van der Waals surface area (Å²) < 4.78 is 17.4. The Bertz CT molecular complexity index is 1550. The normalized spacial score (nSPS) is 22.6. The number of carbonyl (C=O) groups is 4. The molecular formula is C37H55FN8O4. The van der Waals surface area contributed by atoms with Crippen molar-refractivity contribution in [3.8, 4) is 0 Å². The van der Waals surface area contributed by atoms with E-state index < -0.39 is 35.6 Å². The molecule has 13 heteroatoms. The van der Waals surface area contributed by atoms with Gasteiger partial charge in [-0.05, 0) is 89.1 Å². The van der Waals surface area contributed by atoms with Crippen LogP contribution in [-0.4, -0.2) is 106 Å². The Kier molecular flexibility index (Phi) is 11.5. The van der Waals surface area contributed by atoms with E-state index in [1.54, 1.807) is 39.9 Å². The van der Waals surface area contributed by atoms with E-state index in [1.807, 2.05) is 20.9 Å². The maximum atomic E-state index is 15.9. The molecule has 2 aliphatic carbocycles. The fourth-order valence-corrected chi connectivity index (χ4v) is 7.22. The van der Waals surface area contributed by atoms with Crippen LogP contribution >= 0.6 is 0 Å². The second-order valence-corrected chi connectivity index (χ2v) is 15.3. The number of nitrogens with zero attached hydrogens (tertiary/aromatic N) is 5. The summed E-state index contributed by atoms with van der Waals surface area (Å²) in [6.07, 6.45) is 6.83. The number of nitrogens with one attached hydrogen (secondary N) is 3. The third kappa shape index (κ3) is 8.47. The van der Waals surface area contributed by atoms with Gasteiger partial charge in [0, 0.05) is 56.9 Å². The van der Waals surface area contributed by atoms with Crippen LogP contribution in [-0.2, 0) is 16.1 Å². The Labute approximate surface area is 295 Å². The monoisotopic (exact) mass is 694 g/mol. The average Bonchev–Trinajstić information content (AvgIpc) is 3.83. The Morgan fingerprint density at radius 1 is 1.04 bits per heavy atom. The van der Waals surface area contributed by atoms with Crippen LogP contribution in [0.3, 0.4) is 0 Å². The predicted molar refractivity (Wildman–Crippen MR) is 190 cm³/mol. The van der Waals surface area contributed by atoms with E-state index in [9.17, 15) is 19.2 Å². The maximum Gasteiger partial charge on any atom is 0.318 e. The van der Waals surface area contributed by atoms with Gasteiger partial charge >= 0.3 is 6.03 Å². The number of amides is 5. The average molecular weight is 695 g/mol. The van der Waals surface area contributed by atoms with Crippen molar-refractivity contribution in [2.75, 3.05) is 39.0 Å². The smallest absolute Gasteiger partial charge is 0.318 e. The van der Waals surface area contributed by atoms with Crippen molar-refractivity contribution in [2.45, 2.75) is 109 Å². The fraction of sp³-hybridized carbons (Fsp3) is 0.649. The number of halogens is 1. The van der Waals surface area contributed by atoms with Crippen LogP contribution in [0.15, 0.2) is 30.5 Å². The van der Waals surface area contributed by atoms with E-state index in [2.05, 4.69) is 46.7 Å². The first kappa shape index (κ1) is 37.3. The van der Waals surface area contributed by atoms with Gasteiger partial charge < -0.3 is 25.8 Å². The van der Waals surface area contributed by atoms with Crippen LogP contribution in [0.4, 0.5) is 14.9 Å². The molecule has 0 bridgehead atoms. The molecule has 2 aromatic rings. The number of carbonyl (C=O) groups excluding carboxylic acids is 4. The fourth-order valence-electron chi connectivity index (χ4n) is 7.22. The Morgan fingerprint density at radius 3 is 2.36 bits per heavy atom. The van der Waals surface area contributed by atoms with Gasteiger partial charge in [0.1, 0.15) is 23.6 Å². The zero-order chi connectivity index (χ0) is 36.3. The Hall–Kier alpha value is -4.00. The van der Waals surface area contributed by atoms with Gasteiger partial charge in [0.05, 0.1) is 5.69 Å². The second kappa shape index (κ2) is 15.5. The highest BCUT2D eigenvalue weighted by Crippen LogP contribution is 2.32. The van der Waals surface area contributed by atoms with Gasteiger partial charge in [-0.15, -0.1) is 0 Å². The summed E-state index contributed by atoms with van der Waals surface area (Å²) in [4.78, 5) is 60.1. The highest BCUT2D eigenvalue weighted by Gasteiger charge is 2.40. The molecule has 2 heterocycles. The predicted octanol–water partition coefficient (Wildman–Crippen LogP) is 4.43. The molecule has 274 valence electrons. The number of hydrogen-bond acceptors (Lipinski definition) is 6. The first-order valence-electron chi connectivity index (χ1n) is 18.2. The van der Waals surface area contributed by atoms with Crippen LogP contribution in [0.25, 0.3) is 0 Å². The molecular weight excluding hydrogens is 639 g/mol. The number of urea groups is 1. The van der Waals surface area contributed by atoms with Crippen molar-refractivity contribution in [3.63, 3.8) is 0 Å². The van der Waals surface area contributed by atoms with E-state index >= 15 is 4.39 Å². The van der Waals surface area contributed by atoms with Gasteiger partial charge in [-0.1, -0.05) is 32.8 Å². The van der Waals surface area contributed by atoms with Crippen molar-refractivity contribution in [1.82, 2.24) is 35.1 Å². The zero-order valence-electron chi connectivity index (χ0n) is 30.7. The van der Waals surface area contributed by atoms with Gasteiger partial charge in [-0.3, -0.25) is 24.0 Å². The van der Waals surface area contributed by atoms with E-state index in [4.69, 9.17) is 0 Å². The topological polar surface area (TPSA) is 132 Å². The summed E-state index contributed by atoms with van der Waals surface area (Å²) in [5.41, 5.74) is 0.612. The molecule has 2 saturated carbocycles. The summed E-state index contributed by atoms with van der Waals surface area (Å²) in [6.45, 7) is 12.3. The second-order valence-electron chi connectivity index (χ2n) is 15.3. The molecule has 5 amide bonds. The number of rotatable bonds is 11. The third-order valence-electron chi connectivity index (χ3n) is 11.2. The highest BCUT2D eigenvalue weighted by molar-refractivity contribution is 6.00. The molecule has 1 aromatic carbocycles. The van der Waals surface area contributed by atoms with Crippen molar-refractivity contribution in [2.24, 2.45) is 11.8 Å². The summed E-state index contributed by atoms with van der Waals surface area (Å²) in [7, 11) is 3.77. The molecule has 3 fully saturated rings. The Balaban J connectivity index is 1.34. The zero-order valence-corrected chi connectivity index (χ0v) is 30.7. The van der Waals surface area contributed by atoms with E-state index in [0.717, 1.165) is 38.5 Å². The molecule has 3 aliphatic rings. The van der Waals surface area contributed by atoms with Crippen LogP contribution in [0.5, 0.6) is 0 Å². The number of aryl methyl sites for hydroxylation is 1. The lowest BCUT2D eigenvalue weighted by Gasteiger charge is -2.46. The lowest BCUT2D eigenvalue weighted by Crippen LogP contribution is -2.62. The minimum atomic E-state index is -0.924. The van der Waals surface area contributed by atoms with Crippen molar-refractivity contribution in [3.05, 3.63) is 47.5 Å². The maximum absolute atomic E-state index is 15.9. The van der Waals surface area contributed by atoms with Crippen molar-refractivity contribution < 1.29 is 23.6 Å². The summed E-state index contributed by atoms with van der Waals surface area (Å²) in [5.74, 6) is -1.89. The summed E-state index contributed by atoms with van der Waals surface area (Å²) >= 11 is 0. The molecule has 0 spiro atoms. The van der Waals surface area contributed by atoms with Gasteiger partial charge in [-0.25, -0.2) is 9.18 Å². The van der Waals surface area contributed by atoms with Gasteiger partial charge in [0.15, 0.2) is 0 Å². The molecule has 1 saturated heterocycles. The standard InChI is InChI=1S/C37H55FN8O4/c1-8-46-30(17-18-39-46)33(47)41-32(25-11-9-23(2)10-12-25)34(48)40-29-16-13-26(21-28(29)38)24(3)31(42-36(50)44(7)27-14-15-27)35(49)45-20-19-43(6)37(4,5)22-45/h13,16-18,21,23-25,27,31-32H,8-12,14-15,19-20,22H2,1-7H3,(H,40,48)(H,41,47)(H,42,50)/t23?,24-,25?,31+,32-/m0/s1. The van der Waals surface area contributed by atoms with E-state index in [-0.39, 0.29) is 35.1 Å². The van der Waals surface area contributed by atoms with Gasteiger partial charge in [0.25, 0.3) is 5.91 Å². The number of anilines is 1. The first-order valence-corrected chi connectivity index (χ1v) is 18.2. The largest absolute Gasteiger partial charge is 0.339 e. The summed E-state index contributed by atoms with van der Waals surface area (Å²) in [5, 5.41) is 12.8. The first-order chi connectivity index (χ1) is 23.7. The quantitative estimate of drug-likeness (QED) is 0.319. The molecule has 0 unspecified atom stereocenters. The molecule has 0 radical (unpaired) electrons. The van der Waals surface area contributed by atoms with Crippen molar-refractivity contribution >= 4 is 29.4 Å². The van der Waals surface area contributed by atoms with Crippen LogP contribution in [0.1, 0.15) is 95.1 Å². The number of hydrogen-bond donors (Lipinski definition) is 3. The van der Waals surface area contributed by atoms with Crippen molar-refractivity contribution in [1.29, 1.82) is 0 Å². The molecule has 3 N–H and O–H groups in total. The number of likely N-dealkylation sites (N-methyl/N-ethyl adjacent to an activating group) is 1. The third-order valence-corrected chi connectivity index (χ3v) is 11.2. The van der Waals surface area contributed by atoms with E-state index in [1.165, 1.54) is 12.1 Å². The minimum Gasteiger partial charge on any atom is -0.339 e. The summed E-state index contributed by atoms with van der Waals surface area (Å²) in [6, 6.07) is 4.15. The Morgan fingerprint density at radius 2 is 1.74 bits per heavy atom. The lowest BCUT2D eigenvalue weighted by atomic mass is 9.79. The molecule has 3 atom stereocenters. The number of benzene rings is 1. The minimum absolute atomic E-state index is 0.0193. The van der Waals surface area contributed by atoms with Crippen LogP contribution in [0.2, 0.25) is 0 Å².